The van der Waals surface area contributed by atoms with E-state index in [1.165, 1.54) is 24.0 Å². The predicted octanol–water partition coefficient (Wildman–Crippen LogP) is 5.46. The summed E-state index contributed by atoms with van der Waals surface area (Å²) in [6.07, 6.45) is 6.67. The van der Waals surface area contributed by atoms with Gasteiger partial charge in [0.15, 0.2) is 0 Å². The highest BCUT2D eigenvalue weighted by atomic mass is 16.3. The van der Waals surface area contributed by atoms with Crippen molar-refractivity contribution in [3.05, 3.63) is 77.0 Å². The zero-order valence-electron chi connectivity index (χ0n) is 19.8. The molecule has 0 radical (unpaired) electrons. The van der Waals surface area contributed by atoms with Crippen molar-refractivity contribution >= 4 is 5.91 Å². The van der Waals surface area contributed by atoms with Crippen LogP contribution in [-0.4, -0.2) is 33.5 Å². The minimum Gasteiger partial charge on any atom is -0.508 e. The van der Waals surface area contributed by atoms with E-state index in [-0.39, 0.29) is 23.7 Å². The van der Waals surface area contributed by atoms with Crippen molar-refractivity contribution in [3.8, 4) is 5.75 Å². The van der Waals surface area contributed by atoms with Gasteiger partial charge in [-0.3, -0.25) is 9.80 Å². The van der Waals surface area contributed by atoms with E-state index < -0.39 is 0 Å². The topological polar surface area (TPSA) is 55.8 Å². The van der Waals surface area contributed by atoms with Gasteiger partial charge in [-0.25, -0.2) is 5.43 Å². The Bertz CT molecular complexity index is 906. The van der Waals surface area contributed by atoms with E-state index in [4.69, 9.17) is 0 Å². The summed E-state index contributed by atoms with van der Waals surface area (Å²) in [6.45, 7) is 9.56. The summed E-state index contributed by atoms with van der Waals surface area (Å²) in [5, 5.41) is 11.7. The number of hydrogen-bond donors (Lipinski definition) is 2. The molecule has 0 spiro atoms. The smallest absolute Gasteiger partial charge is 0.271 e. The number of unbranched alkanes of at least 4 members (excludes halogenated alkanes) is 2. The summed E-state index contributed by atoms with van der Waals surface area (Å²) < 4.78 is 0. The standard InChI is InChI=1S/C25H31N3O2.C2H6/c1-3-4-5-6-21-17-27(16-19-9-13-22(29)14-10-19)25(30)24-15-23(26-28(21)24)20-11-7-18(2)8-12-20;1-2/h7-15,21,23,26,29H,3-6,16-17H2,1-2H3;1-2H3. The van der Waals surface area contributed by atoms with E-state index in [0.29, 0.717) is 13.1 Å². The molecular formula is C27H37N3O2. The first-order valence-electron chi connectivity index (χ1n) is 12.0. The Labute approximate surface area is 192 Å². The van der Waals surface area contributed by atoms with Gasteiger partial charge in [-0.15, -0.1) is 0 Å². The number of carbonyl (C=O) groups is 1. The Balaban J connectivity index is 0.00000141. The average Bonchev–Trinajstić information content (AvgIpc) is 3.26. The third kappa shape index (κ3) is 5.52. The molecule has 2 heterocycles. The first-order chi connectivity index (χ1) is 15.5. The van der Waals surface area contributed by atoms with Crippen LogP contribution in [0.4, 0.5) is 0 Å². The fourth-order valence-electron chi connectivity index (χ4n) is 4.31. The van der Waals surface area contributed by atoms with Crippen LogP contribution in [0.3, 0.4) is 0 Å². The molecule has 2 aromatic carbocycles. The van der Waals surface area contributed by atoms with Gasteiger partial charge in [0, 0.05) is 13.1 Å². The second kappa shape index (κ2) is 11.2. The Morgan fingerprint density at radius 2 is 1.72 bits per heavy atom. The molecule has 2 aromatic rings. The number of rotatable bonds is 7. The predicted molar refractivity (Wildman–Crippen MR) is 130 cm³/mol. The maximum atomic E-state index is 13.3. The Hall–Kier alpha value is -2.79. The van der Waals surface area contributed by atoms with Crippen LogP contribution in [0.2, 0.25) is 0 Å². The lowest BCUT2D eigenvalue weighted by atomic mass is 10.0. The monoisotopic (exact) mass is 435 g/mol. The number of benzene rings is 2. The number of nitrogens with zero attached hydrogens (tertiary/aromatic N) is 2. The highest BCUT2D eigenvalue weighted by molar-refractivity contribution is 5.94. The van der Waals surface area contributed by atoms with Gasteiger partial charge in [-0.05, 0) is 42.7 Å². The van der Waals surface area contributed by atoms with Crippen LogP contribution in [0, 0.1) is 6.92 Å². The Morgan fingerprint density at radius 3 is 2.38 bits per heavy atom. The van der Waals surface area contributed by atoms with Crippen molar-refractivity contribution in [3.63, 3.8) is 0 Å². The van der Waals surface area contributed by atoms with Gasteiger partial charge < -0.3 is 10.0 Å². The second-order valence-electron chi connectivity index (χ2n) is 8.44. The first kappa shape index (κ1) is 23.9. The lowest BCUT2D eigenvalue weighted by Gasteiger charge is -2.41. The fraction of sp³-hybridized carbons (Fsp3) is 0.444. The lowest BCUT2D eigenvalue weighted by Crippen LogP contribution is -2.56. The molecule has 0 aromatic heterocycles. The first-order valence-corrected chi connectivity index (χ1v) is 12.0. The number of hydrazine groups is 1. The van der Waals surface area contributed by atoms with Crippen molar-refractivity contribution in [2.75, 3.05) is 6.54 Å². The molecule has 0 saturated carbocycles. The average molecular weight is 436 g/mol. The van der Waals surface area contributed by atoms with Gasteiger partial charge in [0.2, 0.25) is 0 Å². The summed E-state index contributed by atoms with van der Waals surface area (Å²) in [7, 11) is 0. The van der Waals surface area contributed by atoms with Crippen LogP contribution in [0.1, 0.15) is 69.2 Å². The number of aryl methyl sites for hydroxylation is 1. The molecule has 2 N–H and O–H groups in total. The summed E-state index contributed by atoms with van der Waals surface area (Å²) in [5.41, 5.74) is 7.78. The number of aromatic hydroxyl groups is 1. The number of phenols is 1. The van der Waals surface area contributed by atoms with Crippen LogP contribution in [0.5, 0.6) is 5.75 Å². The Kier molecular flexibility index (Phi) is 8.34. The minimum atomic E-state index is 0.0202. The molecule has 2 aliphatic heterocycles. The maximum absolute atomic E-state index is 13.3. The molecule has 0 aliphatic carbocycles. The number of fused-ring (bicyclic) bond motifs is 1. The van der Waals surface area contributed by atoms with Gasteiger partial charge in [0.1, 0.15) is 11.4 Å². The Morgan fingerprint density at radius 1 is 1.03 bits per heavy atom. The van der Waals surface area contributed by atoms with E-state index >= 15 is 0 Å². The van der Waals surface area contributed by atoms with E-state index in [9.17, 15) is 9.90 Å². The summed E-state index contributed by atoms with van der Waals surface area (Å²) in [6, 6.07) is 15.9. The van der Waals surface area contributed by atoms with Crippen molar-refractivity contribution in [2.45, 2.75) is 72.0 Å². The van der Waals surface area contributed by atoms with Crippen molar-refractivity contribution in [2.24, 2.45) is 0 Å². The SMILES string of the molecule is CC.CCCCCC1CN(Cc2ccc(O)cc2)C(=O)C2=CC(c3ccc(C)cc3)NN21. The molecule has 2 aliphatic rings. The fourth-order valence-corrected chi connectivity index (χ4v) is 4.31. The van der Waals surface area contributed by atoms with Gasteiger partial charge >= 0.3 is 0 Å². The number of nitrogens with one attached hydrogen (secondary N) is 1. The van der Waals surface area contributed by atoms with Crippen LogP contribution >= 0.6 is 0 Å². The molecule has 32 heavy (non-hydrogen) atoms. The molecule has 5 nitrogen and oxygen atoms in total. The van der Waals surface area contributed by atoms with Crippen LogP contribution in [-0.2, 0) is 11.3 Å². The summed E-state index contributed by atoms with van der Waals surface area (Å²) in [4.78, 5) is 15.3. The van der Waals surface area contributed by atoms with E-state index in [0.717, 1.165) is 24.1 Å². The molecule has 5 heteroatoms. The molecule has 1 amide bonds. The molecule has 4 rings (SSSR count). The van der Waals surface area contributed by atoms with Crippen LogP contribution in [0.15, 0.2) is 60.3 Å². The third-order valence-corrected chi connectivity index (χ3v) is 6.05. The van der Waals surface area contributed by atoms with Gasteiger partial charge in [0.25, 0.3) is 5.91 Å². The van der Waals surface area contributed by atoms with Crippen molar-refractivity contribution in [1.29, 1.82) is 0 Å². The molecule has 1 saturated heterocycles. The highest BCUT2D eigenvalue weighted by Crippen LogP contribution is 2.32. The lowest BCUT2D eigenvalue weighted by molar-refractivity contribution is -0.135. The maximum Gasteiger partial charge on any atom is 0.271 e. The largest absolute Gasteiger partial charge is 0.508 e. The molecule has 1 fully saturated rings. The van der Waals surface area contributed by atoms with Gasteiger partial charge in [-0.2, -0.15) is 0 Å². The van der Waals surface area contributed by atoms with Crippen molar-refractivity contribution < 1.29 is 9.90 Å². The molecular weight excluding hydrogens is 398 g/mol. The number of hydrogen-bond acceptors (Lipinski definition) is 4. The van der Waals surface area contributed by atoms with Crippen LogP contribution in [0.25, 0.3) is 0 Å². The number of amides is 1. The van der Waals surface area contributed by atoms with Gasteiger partial charge in [0.05, 0.1) is 12.1 Å². The second-order valence-corrected chi connectivity index (χ2v) is 8.44. The minimum absolute atomic E-state index is 0.0202. The molecule has 2 atom stereocenters. The highest BCUT2D eigenvalue weighted by Gasteiger charge is 2.40. The number of carbonyl (C=O) groups excluding carboxylic acids is 1. The van der Waals surface area contributed by atoms with E-state index in [1.807, 2.05) is 30.9 Å². The number of piperazine rings is 1. The zero-order valence-corrected chi connectivity index (χ0v) is 19.8. The van der Waals surface area contributed by atoms with Gasteiger partial charge in [-0.1, -0.05) is 82.0 Å². The molecule has 172 valence electrons. The summed E-state index contributed by atoms with van der Waals surface area (Å²) >= 11 is 0. The molecule has 0 bridgehead atoms. The zero-order chi connectivity index (χ0) is 23.1. The quantitative estimate of drug-likeness (QED) is 0.567. The normalized spacial score (nSPS) is 19.9. The number of phenolic OH excluding ortho intramolecular Hbond substituents is 1. The van der Waals surface area contributed by atoms with E-state index in [2.05, 4.69) is 54.6 Å². The van der Waals surface area contributed by atoms with Crippen LogP contribution < -0.4 is 5.43 Å². The van der Waals surface area contributed by atoms with Crippen molar-refractivity contribution in [1.82, 2.24) is 15.3 Å². The summed E-state index contributed by atoms with van der Waals surface area (Å²) in [5.74, 6) is 0.313. The molecule has 2 unspecified atom stereocenters. The van der Waals surface area contributed by atoms with E-state index in [1.54, 1.807) is 12.1 Å². The third-order valence-electron chi connectivity index (χ3n) is 6.05.